The van der Waals surface area contributed by atoms with E-state index < -0.39 is 23.1 Å². The van der Waals surface area contributed by atoms with Crippen LogP contribution >= 0.6 is 23.2 Å². The second-order valence-electron chi connectivity index (χ2n) is 7.80. The lowest BCUT2D eigenvalue weighted by Crippen LogP contribution is -2.25. The average Bonchev–Trinajstić information content (AvgIpc) is 2.73. The molecule has 0 fully saturated rings. The number of aliphatic hydroxyl groups is 2. The standard InChI is InChI=1S/C24H30Cl2O4/c1-2-3-4-5-6-7-8-9-10-11-18-21(27)23(29)19(24(30)22(18)28)15-16-14-17(25)12-13-20(16)26/h12-14,27,30H,2-11,15H2,1H3. The minimum atomic E-state index is -0.728. The van der Waals surface area contributed by atoms with Gasteiger partial charge in [0.05, 0.1) is 5.57 Å². The van der Waals surface area contributed by atoms with Gasteiger partial charge in [0.15, 0.2) is 11.5 Å². The summed E-state index contributed by atoms with van der Waals surface area (Å²) >= 11 is 12.1. The zero-order valence-electron chi connectivity index (χ0n) is 17.5. The van der Waals surface area contributed by atoms with E-state index >= 15 is 0 Å². The van der Waals surface area contributed by atoms with Gasteiger partial charge in [-0.2, -0.15) is 0 Å². The Labute approximate surface area is 188 Å². The Morgan fingerprint density at radius 1 is 0.767 bits per heavy atom. The van der Waals surface area contributed by atoms with Gasteiger partial charge in [-0.15, -0.1) is 0 Å². The smallest absolute Gasteiger partial charge is 0.227 e. The third kappa shape index (κ3) is 6.61. The third-order valence-corrected chi connectivity index (χ3v) is 6.06. The van der Waals surface area contributed by atoms with Crippen LogP contribution in [0.5, 0.6) is 0 Å². The molecule has 0 unspecified atom stereocenters. The Balaban J connectivity index is 1.92. The zero-order chi connectivity index (χ0) is 22.1. The molecule has 0 heterocycles. The van der Waals surface area contributed by atoms with Crippen LogP contribution in [0, 0.1) is 0 Å². The van der Waals surface area contributed by atoms with Crippen molar-refractivity contribution in [3.63, 3.8) is 0 Å². The van der Waals surface area contributed by atoms with Crippen molar-refractivity contribution >= 4 is 34.8 Å². The zero-order valence-corrected chi connectivity index (χ0v) is 19.0. The minimum absolute atomic E-state index is 0.00128. The van der Waals surface area contributed by atoms with Crippen molar-refractivity contribution in [2.24, 2.45) is 0 Å². The highest BCUT2D eigenvalue weighted by Crippen LogP contribution is 2.30. The van der Waals surface area contributed by atoms with Crippen LogP contribution in [0.4, 0.5) is 0 Å². The summed E-state index contributed by atoms with van der Waals surface area (Å²) in [5, 5.41) is 21.5. The lowest BCUT2D eigenvalue weighted by Gasteiger charge is -2.18. The van der Waals surface area contributed by atoms with Gasteiger partial charge in [0.1, 0.15) is 0 Å². The predicted octanol–water partition coefficient (Wildman–Crippen LogP) is 7.23. The van der Waals surface area contributed by atoms with Crippen molar-refractivity contribution < 1.29 is 19.8 Å². The van der Waals surface area contributed by atoms with Crippen LogP contribution in [-0.4, -0.2) is 21.8 Å². The highest BCUT2D eigenvalue weighted by Gasteiger charge is 2.34. The first kappa shape index (κ1) is 24.5. The summed E-state index contributed by atoms with van der Waals surface area (Å²) in [6.45, 7) is 2.20. The molecular formula is C24H30Cl2O4. The van der Waals surface area contributed by atoms with Gasteiger partial charge in [-0.1, -0.05) is 81.5 Å². The molecule has 0 atom stereocenters. The summed E-state index contributed by atoms with van der Waals surface area (Å²) < 4.78 is 0. The number of unbranched alkanes of at least 4 members (excludes halogenated alkanes) is 8. The van der Waals surface area contributed by atoms with E-state index in [0.717, 1.165) is 19.3 Å². The number of halogens is 2. The van der Waals surface area contributed by atoms with Crippen LogP contribution < -0.4 is 0 Å². The van der Waals surface area contributed by atoms with Crippen molar-refractivity contribution in [3.8, 4) is 0 Å². The van der Waals surface area contributed by atoms with E-state index in [-0.39, 0.29) is 24.0 Å². The molecule has 0 saturated heterocycles. The second-order valence-corrected chi connectivity index (χ2v) is 8.65. The highest BCUT2D eigenvalue weighted by molar-refractivity contribution is 6.33. The maximum atomic E-state index is 12.6. The van der Waals surface area contributed by atoms with Crippen LogP contribution in [0.15, 0.2) is 40.9 Å². The molecule has 0 radical (unpaired) electrons. The Bertz CT molecular complexity index is 840. The van der Waals surface area contributed by atoms with E-state index in [2.05, 4.69) is 6.92 Å². The van der Waals surface area contributed by atoms with Crippen molar-refractivity contribution in [2.45, 2.75) is 77.6 Å². The number of ketones is 2. The van der Waals surface area contributed by atoms with Gasteiger partial charge in [-0.25, -0.2) is 0 Å². The molecule has 0 amide bonds. The maximum absolute atomic E-state index is 12.6. The molecule has 164 valence electrons. The molecule has 0 saturated carbocycles. The fraction of sp³-hybridized carbons (Fsp3) is 0.500. The van der Waals surface area contributed by atoms with Crippen LogP contribution in [0.3, 0.4) is 0 Å². The van der Waals surface area contributed by atoms with Crippen molar-refractivity contribution in [3.05, 3.63) is 56.5 Å². The molecule has 2 rings (SSSR count). The number of carbonyl (C=O) groups is 2. The Hall–Kier alpha value is -1.78. The molecule has 0 spiro atoms. The number of Topliss-reactive ketones (excluding diaryl/α,β-unsaturated/α-hetero) is 2. The number of aliphatic hydroxyl groups excluding tert-OH is 2. The molecule has 4 nitrogen and oxygen atoms in total. The minimum Gasteiger partial charge on any atom is -0.504 e. The van der Waals surface area contributed by atoms with Crippen LogP contribution in [0.2, 0.25) is 10.0 Å². The molecule has 0 aliphatic heterocycles. The van der Waals surface area contributed by atoms with Crippen LogP contribution in [0.25, 0.3) is 0 Å². The number of hydrogen-bond donors (Lipinski definition) is 2. The quantitative estimate of drug-likeness (QED) is 0.259. The number of hydrogen-bond acceptors (Lipinski definition) is 4. The summed E-state index contributed by atoms with van der Waals surface area (Å²) in [6.07, 6.45) is 10.3. The normalized spacial score (nSPS) is 14.8. The molecule has 1 aromatic carbocycles. The summed E-state index contributed by atoms with van der Waals surface area (Å²) in [5.74, 6) is -2.58. The molecule has 6 heteroatoms. The Morgan fingerprint density at radius 3 is 1.93 bits per heavy atom. The summed E-state index contributed by atoms with van der Waals surface area (Å²) in [7, 11) is 0. The van der Waals surface area contributed by atoms with Gasteiger partial charge in [0.2, 0.25) is 11.6 Å². The molecule has 2 N–H and O–H groups in total. The van der Waals surface area contributed by atoms with Crippen molar-refractivity contribution in [2.75, 3.05) is 0 Å². The van der Waals surface area contributed by atoms with Crippen molar-refractivity contribution in [1.29, 1.82) is 0 Å². The van der Waals surface area contributed by atoms with E-state index in [1.165, 1.54) is 32.1 Å². The third-order valence-electron chi connectivity index (χ3n) is 5.46. The molecule has 30 heavy (non-hydrogen) atoms. The number of rotatable bonds is 12. The fourth-order valence-corrected chi connectivity index (χ4v) is 4.03. The van der Waals surface area contributed by atoms with Crippen LogP contribution in [-0.2, 0) is 16.0 Å². The van der Waals surface area contributed by atoms with E-state index in [4.69, 9.17) is 23.2 Å². The SMILES string of the molecule is CCCCCCCCCCCC1=C(O)C(=O)C(Cc2cc(Cl)ccc2Cl)=C(O)C1=O. The van der Waals surface area contributed by atoms with Crippen molar-refractivity contribution in [1.82, 2.24) is 0 Å². The monoisotopic (exact) mass is 452 g/mol. The first-order chi connectivity index (χ1) is 14.4. The molecule has 1 aliphatic rings. The van der Waals surface area contributed by atoms with Gasteiger partial charge in [-0.3, -0.25) is 9.59 Å². The Kier molecular flexibility index (Phi) is 9.93. The molecule has 0 aromatic heterocycles. The lowest BCUT2D eigenvalue weighted by molar-refractivity contribution is -0.120. The predicted molar refractivity (Wildman–Crippen MR) is 121 cm³/mol. The highest BCUT2D eigenvalue weighted by atomic mass is 35.5. The number of benzene rings is 1. The van der Waals surface area contributed by atoms with Gasteiger partial charge < -0.3 is 10.2 Å². The van der Waals surface area contributed by atoms with Gasteiger partial charge in [0.25, 0.3) is 0 Å². The van der Waals surface area contributed by atoms with Gasteiger partial charge in [-0.05, 0) is 36.6 Å². The van der Waals surface area contributed by atoms with E-state index in [0.29, 0.717) is 22.0 Å². The summed E-state index contributed by atoms with van der Waals surface area (Å²) in [6, 6.07) is 4.76. The molecule has 0 bridgehead atoms. The Morgan fingerprint density at radius 2 is 1.30 bits per heavy atom. The summed E-state index contributed by atoms with van der Waals surface area (Å²) in [4.78, 5) is 25.2. The van der Waals surface area contributed by atoms with Crippen LogP contribution in [0.1, 0.15) is 76.7 Å². The van der Waals surface area contributed by atoms with Gasteiger partial charge in [0, 0.05) is 22.0 Å². The average molecular weight is 453 g/mol. The first-order valence-electron chi connectivity index (χ1n) is 10.7. The van der Waals surface area contributed by atoms with Gasteiger partial charge >= 0.3 is 0 Å². The molecule has 1 aliphatic carbocycles. The second kappa shape index (κ2) is 12.2. The topological polar surface area (TPSA) is 74.6 Å². The largest absolute Gasteiger partial charge is 0.504 e. The molecule has 1 aromatic rings. The lowest BCUT2D eigenvalue weighted by atomic mass is 9.87. The van der Waals surface area contributed by atoms with E-state index in [1.54, 1.807) is 18.2 Å². The summed E-state index contributed by atoms with van der Waals surface area (Å²) in [5.41, 5.74) is 0.348. The number of carbonyl (C=O) groups excluding carboxylic acids is 2. The van der Waals surface area contributed by atoms with E-state index in [9.17, 15) is 19.8 Å². The first-order valence-corrected chi connectivity index (χ1v) is 11.5. The molecular weight excluding hydrogens is 423 g/mol. The maximum Gasteiger partial charge on any atom is 0.227 e. The van der Waals surface area contributed by atoms with E-state index in [1.807, 2.05) is 0 Å². The fourth-order valence-electron chi connectivity index (χ4n) is 3.65. The number of allylic oxidation sites excluding steroid dienone is 2.